The van der Waals surface area contributed by atoms with E-state index in [2.05, 4.69) is 15.3 Å². The van der Waals surface area contributed by atoms with Gasteiger partial charge in [-0.1, -0.05) is 6.07 Å². The molecule has 0 fully saturated rings. The highest BCUT2D eigenvalue weighted by molar-refractivity contribution is 7.07. The number of thiazole rings is 1. The van der Waals surface area contributed by atoms with E-state index in [1.54, 1.807) is 17.5 Å². The third-order valence-electron chi connectivity index (χ3n) is 2.05. The molecular formula is C10H11N3S. The van der Waals surface area contributed by atoms with Crippen molar-refractivity contribution in [3.05, 3.63) is 46.7 Å². The number of nitrogens with one attached hydrogen (secondary N) is 1. The minimum Gasteiger partial charge on any atom is -0.308 e. The number of hydrogen-bond donors (Lipinski definition) is 1. The molecule has 2 aromatic rings. The SMILES string of the molecule is CNC(c1cccnc1)c1cscn1. The first-order chi connectivity index (χ1) is 6.92. The van der Waals surface area contributed by atoms with Crippen molar-refractivity contribution in [2.75, 3.05) is 7.05 Å². The second-order valence-corrected chi connectivity index (χ2v) is 3.64. The Morgan fingerprint density at radius 1 is 1.50 bits per heavy atom. The van der Waals surface area contributed by atoms with Crippen LogP contribution in [0.2, 0.25) is 0 Å². The van der Waals surface area contributed by atoms with E-state index in [4.69, 9.17) is 0 Å². The number of aromatic nitrogens is 2. The Morgan fingerprint density at radius 3 is 3.00 bits per heavy atom. The van der Waals surface area contributed by atoms with Crippen LogP contribution in [0.4, 0.5) is 0 Å². The van der Waals surface area contributed by atoms with Crippen molar-refractivity contribution in [3.63, 3.8) is 0 Å². The van der Waals surface area contributed by atoms with E-state index in [-0.39, 0.29) is 6.04 Å². The molecule has 2 rings (SSSR count). The van der Waals surface area contributed by atoms with Crippen LogP contribution in [0.25, 0.3) is 0 Å². The molecule has 0 amide bonds. The van der Waals surface area contributed by atoms with Crippen LogP contribution >= 0.6 is 11.3 Å². The van der Waals surface area contributed by atoms with Gasteiger partial charge in [-0.2, -0.15) is 0 Å². The van der Waals surface area contributed by atoms with Crippen LogP contribution < -0.4 is 5.32 Å². The molecule has 0 spiro atoms. The molecule has 2 heterocycles. The summed E-state index contributed by atoms with van der Waals surface area (Å²) in [6.45, 7) is 0. The first-order valence-corrected chi connectivity index (χ1v) is 5.31. The lowest BCUT2D eigenvalue weighted by Gasteiger charge is -2.13. The van der Waals surface area contributed by atoms with Crippen molar-refractivity contribution in [2.45, 2.75) is 6.04 Å². The minimum absolute atomic E-state index is 0.148. The van der Waals surface area contributed by atoms with E-state index in [1.807, 2.05) is 36.3 Å². The Morgan fingerprint density at radius 2 is 2.43 bits per heavy atom. The van der Waals surface area contributed by atoms with Crippen molar-refractivity contribution < 1.29 is 0 Å². The van der Waals surface area contributed by atoms with E-state index in [9.17, 15) is 0 Å². The average Bonchev–Trinajstić information content (AvgIpc) is 2.74. The molecule has 1 N–H and O–H groups in total. The van der Waals surface area contributed by atoms with Gasteiger partial charge in [0.25, 0.3) is 0 Å². The summed E-state index contributed by atoms with van der Waals surface area (Å²) in [5, 5.41) is 5.27. The molecule has 2 aromatic heterocycles. The number of nitrogens with zero attached hydrogens (tertiary/aromatic N) is 2. The van der Waals surface area contributed by atoms with E-state index in [0.717, 1.165) is 11.3 Å². The van der Waals surface area contributed by atoms with Gasteiger partial charge in [-0.05, 0) is 18.7 Å². The maximum atomic E-state index is 4.29. The van der Waals surface area contributed by atoms with E-state index >= 15 is 0 Å². The molecule has 0 saturated carbocycles. The summed E-state index contributed by atoms with van der Waals surface area (Å²) in [7, 11) is 1.93. The van der Waals surface area contributed by atoms with Gasteiger partial charge in [0, 0.05) is 17.8 Å². The molecule has 72 valence electrons. The largest absolute Gasteiger partial charge is 0.308 e. The summed E-state index contributed by atoms with van der Waals surface area (Å²) in [6.07, 6.45) is 3.64. The Labute approximate surface area is 86.8 Å². The summed E-state index contributed by atoms with van der Waals surface area (Å²) in [4.78, 5) is 8.39. The molecular weight excluding hydrogens is 194 g/mol. The summed E-state index contributed by atoms with van der Waals surface area (Å²) < 4.78 is 0. The molecule has 0 saturated heterocycles. The lowest BCUT2D eigenvalue weighted by atomic mass is 10.1. The monoisotopic (exact) mass is 205 g/mol. The molecule has 3 nitrogen and oxygen atoms in total. The second kappa shape index (κ2) is 4.30. The Bertz CT molecular complexity index is 372. The van der Waals surface area contributed by atoms with Crippen LogP contribution in [-0.4, -0.2) is 17.0 Å². The molecule has 0 bridgehead atoms. The Hall–Kier alpha value is -1.26. The predicted octanol–water partition coefficient (Wildman–Crippen LogP) is 1.85. The van der Waals surface area contributed by atoms with E-state index < -0.39 is 0 Å². The maximum absolute atomic E-state index is 4.29. The number of hydrogen-bond acceptors (Lipinski definition) is 4. The molecule has 0 aromatic carbocycles. The molecule has 0 aliphatic carbocycles. The van der Waals surface area contributed by atoms with Gasteiger partial charge >= 0.3 is 0 Å². The summed E-state index contributed by atoms with van der Waals surface area (Å²) in [5.74, 6) is 0. The van der Waals surface area contributed by atoms with Crippen LogP contribution in [0, 0.1) is 0 Å². The highest BCUT2D eigenvalue weighted by atomic mass is 32.1. The zero-order chi connectivity index (χ0) is 9.80. The van der Waals surface area contributed by atoms with Gasteiger partial charge in [0.2, 0.25) is 0 Å². The molecule has 1 atom stereocenters. The van der Waals surface area contributed by atoms with Gasteiger partial charge in [0.05, 0.1) is 17.2 Å². The predicted molar refractivity (Wildman–Crippen MR) is 57.3 cm³/mol. The Balaban J connectivity index is 2.31. The fourth-order valence-corrected chi connectivity index (χ4v) is 1.98. The fraction of sp³-hybridized carbons (Fsp3) is 0.200. The zero-order valence-corrected chi connectivity index (χ0v) is 8.66. The Kier molecular flexibility index (Phi) is 2.86. The smallest absolute Gasteiger partial charge is 0.0795 e. The third-order valence-corrected chi connectivity index (χ3v) is 2.66. The first kappa shape index (κ1) is 9.30. The first-order valence-electron chi connectivity index (χ1n) is 4.37. The van der Waals surface area contributed by atoms with E-state index in [1.165, 1.54) is 0 Å². The van der Waals surface area contributed by atoms with Gasteiger partial charge in [0.1, 0.15) is 0 Å². The quantitative estimate of drug-likeness (QED) is 0.831. The van der Waals surface area contributed by atoms with Crippen molar-refractivity contribution in [2.24, 2.45) is 0 Å². The summed E-state index contributed by atoms with van der Waals surface area (Å²) in [6, 6.07) is 4.13. The number of pyridine rings is 1. The van der Waals surface area contributed by atoms with Crippen molar-refractivity contribution in [1.82, 2.24) is 15.3 Å². The third kappa shape index (κ3) is 1.81. The lowest BCUT2D eigenvalue weighted by Crippen LogP contribution is -2.17. The van der Waals surface area contributed by atoms with Crippen LogP contribution in [0.15, 0.2) is 35.4 Å². The number of rotatable bonds is 3. The normalized spacial score (nSPS) is 12.6. The standard InChI is InChI=1S/C10H11N3S/c1-11-10(9-6-14-7-13-9)8-3-2-4-12-5-8/h2-7,10-11H,1H3. The summed E-state index contributed by atoms with van der Waals surface area (Å²) in [5.41, 5.74) is 4.03. The van der Waals surface area contributed by atoms with Crippen LogP contribution in [0.5, 0.6) is 0 Å². The molecule has 4 heteroatoms. The molecule has 14 heavy (non-hydrogen) atoms. The molecule has 0 aliphatic heterocycles. The minimum atomic E-state index is 0.148. The van der Waals surface area contributed by atoms with Gasteiger partial charge in [0.15, 0.2) is 0 Å². The van der Waals surface area contributed by atoms with Crippen molar-refractivity contribution in [1.29, 1.82) is 0 Å². The maximum Gasteiger partial charge on any atom is 0.0795 e. The average molecular weight is 205 g/mol. The van der Waals surface area contributed by atoms with Crippen molar-refractivity contribution in [3.8, 4) is 0 Å². The van der Waals surface area contributed by atoms with E-state index in [0.29, 0.717) is 0 Å². The fourth-order valence-electron chi connectivity index (χ4n) is 1.40. The molecule has 0 aliphatic rings. The molecule has 0 radical (unpaired) electrons. The second-order valence-electron chi connectivity index (χ2n) is 2.92. The zero-order valence-electron chi connectivity index (χ0n) is 7.84. The van der Waals surface area contributed by atoms with Crippen LogP contribution in [0.1, 0.15) is 17.3 Å². The van der Waals surface area contributed by atoms with Gasteiger partial charge in [-0.15, -0.1) is 11.3 Å². The van der Waals surface area contributed by atoms with Gasteiger partial charge < -0.3 is 5.32 Å². The highest BCUT2D eigenvalue weighted by Gasteiger charge is 2.12. The van der Waals surface area contributed by atoms with Crippen LogP contribution in [-0.2, 0) is 0 Å². The topological polar surface area (TPSA) is 37.8 Å². The summed E-state index contributed by atoms with van der Waals surface area (Å²) >= 11 is 1.61. The highest BCUT2D eigenvalue weighted by Crippen LogP contribution is 2.20. The van der Waals surface area contributed by atoms with Crippen molar-refractivity contribution >= 4 is 11.3 Å². The van der Waals surface area contributed by atoms with Gasteiger partial charge in [-0.25, -0.2) is 4.98 Å². The molecule has 1 unspecified atom stereocenters. The van der Waals surface area contributed by atoms with Gasteiger partial charge in [-0.3, -0.25) is 4.98 Å². The lowest BCUT2D eigenvalue weighted by molar-refractivity contribution is 0.672. The van der Waals surface area contributed by atoms with Crippen LogP contribution in [0.3, 0.4) is 0 Å².